The summed E-state index contributed by atoms with van der Waals surface area (Å²) in [6.45, 7) is -0.138. The van der Waals surface area contributed by atoms with Crippen LogP contribution in [0.2, 0.25) is 0 Å². The first-order chi connectivity index (χ1) is 14.8. The molecule has 3 rings (SSSR count). The maximum atomic E-state index is 12.4. The van der Waals surface area contributed by atoms with Crippen molar-refractivity contribution in [2.45, 2.75) is 18.9 Å². The summed E-state index contributed by atoms with van der Waals surface area (Å²) in [4.78, 5) is 49.7. The molecule has 0 saturated heterocycles. The third kappa shape index (κ3) is 4.66. The van der Waals surface area contributed by atoms with Crippen LogP contribution in [0.15, 0.2) is 42.5 Å². The normalized spacial score (nSPS) is 13.5. The van der Waals surface area contributed by atoms with E-state index >= 15 is 0 Å². The Hall–Kier alpha value is -3.88. The number of aliphatic carboxylic acids is 1. The smallest absolute Gasteiger partial charge is 0.326 e. The Kier molecular flexibility index (Phi) is 6.54. The molecule has 1 aliphatic rings. The van der Waals surface area contributed by atoms with Crippen LogP contribution in [0.25, 0.3) is 0 Å². The number of rotatable bonds is 9. The molecule has 0 fully saturated rings. The maximum Gasteiger partial charge on any atom is 0.326 e. The highest BCUT2D eigenvalue weighted by atomic mass is 16.5. The summed E-state index contributed by atoms with van der Waals surface area (Å²) in [7, 11) is 2.96. The number of carboxylic acids is 1. The zero-order chi connectivity index (χ0) is 22.5. The second-order valence-corrected chi connectivity index (χ2v) is 6.91. The lowest BCUT2D eigenvalue weighted by atomic mass is 10.0. The third-order valence-electron chi connectivity index (χ3n) is 4.96. The van der Waals surface area contributed by atoms with Gasteiger partial charge in [0.05, 0.1) is 25.3 Å². The molecule has 0 aromatic heterocycles. The summed E-state index contributed by atoms with van der Waals surface area (Å²) in [5.74, 6) is -1.76. The number of benzene rings is 2. The van der Waals surface area contributed by atoms with Gasteiger partial charge in [-0.1, -0.05) is 18.2 Å². The maximum absolute atomic E-state index is 12.4. The second kappa shape index (κ2) is 9.29. The largest absolute Gasteiger partial charge is 0.493 e. The van der Waals surface area contributed by atoms with Gasteiger partial charge in [-0.05, 0) is 29.8 Å². The van der Waals surface area contributed by atoms with Crippen LogP contribution in [0.5, 0.6) is 11.5 Å². The molecule has 162 valence electrons. The third-order valence-corrected chi connectivity index (χ3v) is 4.96. The van der Waals surface area contributed by atoms with Crippen molar-refractivity contribution in [3.8, 4) is 11.5 Å². The van der Waals surface area contributed by atoms with Crippen molar-refractivity contribution in [1.29, 1.82) is 0 Å². The monoisotopic (exact) mass is 426 g/mol. The molecule has 0 unspecified atom stereocenters. The molecule has 0 aliphatic carbocycles. The van der Waals surface area contributed by atoms with E-state index in [1.165, 1.54) is 14.2 Å². The van der Waals surface area contributed by atoms with Gasteiger partial charge in [-0.25, -0.2) is 4.79 Å². The van der Waals surface area contributed by atoms with Crippen molar-refractivity contribution >= 4 is 23.7 Å². The second-order valence-electron chi connectivity index (χ2n) is 6.91. The molecule has 2 aromatic rings. The lowest BCUT2D eigenvalue weighted by Gasteiger charge is -2.17. The highest BCUT2D eigenvalue weighted by molar-refractivity contribution is 6.21. The van der Waals surface area contributed by atoms with Gasteiger partial charge in [0.1, 0.15) is 6.04 Å². The standard InChI is InChI=1S/C22H22N2O7/c1-30-17-8-7-13(12-18(17)31-2)11-16(22(28)29)23-19(25)9-10-24-20(26)14-5-3-4-6-15(14)21(24)27/h3-8,12,16H,9-11H2,1-2H3,(H,23,25)(H,28,29)/t16-/m1/s1. The minimum absolute atomic E-state index is 0.0223. The molecule has 0 bridgehead atoms. The van der Waals surface area contributed by atoms with Gasteiger partial charge < -0.3 is 19.9 Å². The summed E-state index contributed by atoms with van der Waals surface area (Å²) < 4.78 is 10.4. The zero-order valence-electron chi connectivity index (χ0n) is 17.1. The summed E-state index contributed by atoms with van der Waals surface area (Å²) in [5, 5.41) is 11.9. The fourth-order valence-electron chi connectivity index (χ4n) is 3.37. The number of amides is 3. The van der Waals surface area contributed by atoms with E-state index in [9.17, 15) is 24.3 Å². The molecule has 31 heavy (non-hydrogen) atoms. The van der Waals surface area contributed by atoms with Crippen molar-refractivity contribution in [3.63, 3.8) is 0 Å². The zero-order valence-corrected chi connectivity index (χ0v) is 17.1. The average molecular weight is 426 g/mol. The van der Waals surface area contributed by atoms with Crippen LogP contribution in [0.4, 0.5) is 0 Å². The first-order valence-corrected chi connectivity index (χ1v) is 9.54. The van der Waals surface area contributed by atoms with Crippen LogP contribution < -0.4 is 14.8 Å². The summed E-state index contributed by atoms with van der Waals surface area (Å²) in [6.07, 6.45) is -0.185. The predicted octanol–water partition coefficient (Wildman–Crippen LogP) is 1.50. The number of fused-ring (bicyclic) bond motifs is 1. The molecule has 0 radical (unpaired) electrons. The molecule has 0 spiro atoms. The van der Waals surface area contributed by atoms with E-state index in [0.717, 1.165) is 4.90 Å². The molecule has 2 aromatic carbocycles. The van der Waals surface area contributed by atoms with E-state index < -0.39 is 29.7 Å². The van der Waals surface area contributed by atoms with Gasteiger partial charge in [0.25, 0.3) is 11.8 Å². The summed E-state index contributed by atoms with van der Waals surface area (Å²) in [6, 6.07) is 10.2. The van der Waals surface area contributed by atoms with E-state index in [-0.39, 0.29) is 19.4 Å². The minimum Gasteiger partial charge on any atom is -0.493 e. The van der Waals surface area contributed by atoms with E-state index in [2.05, 4.69) is 5.32 Å². The molecule has 9 nitrogen and oxygen atoms in total. The van der Waals surface area contributed by atoms with Crippen LogP contribution in [-0.4, -0.2) is 60.5 Å². The summed E-state index contributed by atoms with van der Waals surface area (Å²) in [5.41, 5.74) is 1.22. The minimum atomic E-state index is -1.20. The molecule has 1 atom stereocenters. The number of imide groups is 1. The Bertz CT molecular complexity index is 999. The van der Waals surface area contributed by atoms with E-state index in [0.29, 0.717) is 28.2 Å². The number of nitrogens with zero attached hydrogens (tertiary/aromatic N) is 1. The number of methoxy groups -OCH3 is 2. The number of carbonyl (C=O) groups excluding carboxylic acids is 3. The molecule has 0 saturated carbocycles. The van der Waals surface area contributed by atoms with Gasteiger partial charge in [-0.3, -0.25) is 19.3 Å². The highest BCUT2D eigenvalue weighted by Gasteiger charge is 2.35. The fourth-order valence-corrected chi connectivity index (χ4v) is 3.37. The quantitative estimate of drug-likeness (QED) is 0.583. The Morgan fingerprint density at radius 1 is 1.00 bits per heavy atom. The molecular weight excluding hydrogens is 404 g/mol. The van der Waals surface area contributed by atoms with Crippen LogP contribution in [0.1, 0.15) is 32.7 Å². The van der Waals surface area contributed by atoms with E-state index in [1.54, 1.807) is 42.5 Å². The van der Waals surface area contributed by atoms with Crippen LogP contribution in [0.3, 0.4) is 0 Å². The van der Waals surface area contributed by atoms with Gasteiger partial charge in [0.15, 0.2) is 11.5 Å². The Balaban J connectivity index is 1.61. The molecule has 1 aliphatic heterocycles. The van der Waals surface area contributed by atoms with Gasteiger partial charge in [-0.2, -0.15) is 0 Å². The van der Waals surface area contributed by atoms with Crippen molar-refractivity contribution < 1.29 is 33.8 Å². The number of nitrogens with one attached hydrogen (secondary N) is 1. The highest BCUT2D eigenvalue weighted by Crippen LogP contribution is 2.28. The Labute approximate surface area is 178 Å². The molecule has 1 heterocycles. The Morgan fingerprint density at radius 3 is 2.16 bits per heavy atom. The SMILES string of the molecule is COc1ccc(C[C@@H](NC(=O)CCN2C(=O)c3ccccc3C2=O)C(=O)O)cc1OC. The van der Waals surface area contributed by atoms with Gasteiger partial charge in [0.2, 0.25) is 5.91 Å². The lowest BCUT2D eigenvalue weighted by molar-refractivity contribution is -0.141. The topological polar surface area (TPSA) is 122 Å². The van der Waals surface area contributed by atoms with Crippen LogP contribution in [0, 0.1) is 0 Å². The molecule has 2 N–H and O–H groups in total. The first-order valence-electron chi connectivity index (χ1n) is 9.54. The lowest BCUT2D eigenvalue weighted by Crippen LogP contribution is -2.43. The van der Waals surface area contributed by atoms with Crippen molar-refractivity contribution in [3.05, 3.63) is 59.2 Å². The number of hydrogen-bond acceptors (Lipinski definition) is 6. The fraction of sp³-hybridized carbons (Fsp3) is 0.273. The number of hydrogen-bond donors (Lipinski definition) is 2. The van der Waals surface area contributed by atoms with Crippen LogP contribution >= 0.6 is 0 Å². The van der Waals surface area contributed by atoms with Crippen molar-refractivity contribution in [2.24, 2.45) is 0 Å². The van der Waals surface area contributed by atoms with E-state index in [4.69, 9.17) is 9.47 Å². The average Bonchev–Trinajstić information content (AvgIpc) is 3.01. The predicted molar refractivity (Wildman–Crippen MR) is 109 cm³/mol. The number of ether oxygens (including phenoxy) is 2. The van der Waals surface area contributed by atoms with Gasteiger partial charge in [0, 0.05) is 19.4 Å². The van der Waals surface area contributed by atoms with Gasteiger partial charge >= 0.3 is 5.97 Å². The van der Waals surface area contributed by atoms with Crippen molar-refractivity contribution in [1.82, 2.24) is 10.2 Å². The Morgan fingerprint density at radius 2 is 1.61 bits per heavy atom. The summed E-state index contributed by atoms with van der Waals surface area (Å²) >= 11 is 0. The van der Waals surface area contributed by atoms with E-state index in [1.807, 2.05) is 0 Å². The first kappa shape index (κ1) is 21.8. The number of carboxylic acid groups (broad SMARTS) is 1. The van der Waals surface area contributed by atoms with Crippen molar-refractivity contribution in [2.75, 3.05) is 20.8 Å². The van der Waals surface area contributed by atoms with Crippen LogP contribution in [-0.2, 0) is 16.0 Å². The molecular formula is C22H22N2O7. The molecule has 3 amide bonds. The number of carbonyl (C=O) groups is 4. The van der Waals surface area contributed by atoms with Gasteiger partial charge in [-0.15, -0.1) is 0 Å². The molecule has 9 heteroatoms.